The monoisotopic (exact) mass is 359 g/mol. The summed E-state index contributed by atoms with van der Waals surface area (Å²) < 4.78 is 2.06. The number of nitrogens with zero attached hydrogens (tertiary/aromatic N) is 3. The molecule has 2 aromatic rings. The molecule has 1 aliphatic heterocycles. The summed E-state index contributed by atoms with van der Waals surface area (Å²) in [6, 6.07) is 2.43. The highest BCUT2D eigenvalue weighted by Crippen LogP contribution is 2.35. The first-order valence-corrected chi connectivity index (χ1v) is 10.2. The average Bonchev–Trinajstić information content (AvgIpc) is 3.13. The lowest BCUT2D eigenvalue weighted by molar-refractivity contribution is -0.133. The summed E-state index contributed by atoms with van der Waals surface area (Å²) in [5.74, 6) is 0.782. The maximum atomic E-state index is 13.1. The fourth-order valence-corrected chi connectivity index (χ4v) is 4.83. The minimum Gasteiger partial charge on any atom is -0.335 e. The number of hydrogen-bond donors (Lipinski definition) is 0. The van der Waals surface area contributed by atoms with E-state index in [1.54, 1.807) is 0 Å². The van der Waals surface area contributed by atoms with E-state index in [2.05, 4.69) is 53.8 Å². The van der Waals surface area contributed by atoms with E-state index in [0.29, 0.717) is 12.3 Å². The van der Waals surface area contributed by atoms with Gasteiger partial charge >= 0.3 is 0 Å². The van der Waals surface area contributed by atoms with Crippen molar-refractivity contribution in [2.75, 3.05) is 6.54 Å². The molecule has 0 spiro atoms. The normalized spacial score (nSPS) is 17.2. The molecule has 5 heteroatoms. The zero-order valence-electron chi connectivity index (χ0n) is 16.0. The van der Waals surface area contributed by atoms with Crippen LogP contribution in [0.25, 0.3) is 0 Å². The summed E-state index contributed by atoms with van der Waals surface area (Å²) >= 11 is 1.82. The summed E-state index contributed by atoms with van der Waals surface area (Å²) in [5.41, 5.74) is 4.60. The van der Waals surface area contributed by atoms with E-state index in [4.69, 9.17) is 0 Å². The standard InChI is InChI=1S/C20H29N3OS/c1-6-18-16-8-10-25-19(16)7-9-22(18)20(24)11-17-14(4)21-23(15(17)5)12-13(2)3/h8,10,13,18H,6-7,9,11-12H2,1-5H3. The molecular weight excluding hydrogens is 330 g/mol. The number of fused-ring (bicyclic) bond motifs is 1. The quantitative estimate of drug-likeness (QED) is 0.798. The van der Waals surface area contributed by atoms with Gasteiger partial charge in [-0.3, -0.25) is 9.48 Å². The Hall–Kier alpha value is -1.62. The molecule has 0 saturated heterocycles. The predicted octanol–water partition coefficient (Wildman–Crippen LogP) is 4.30. The van der Waals surface area contributed by atoms with Crippen molar-refractivity contribution in [2.24, 2.45) is 5.92 Å². The van der Waals surface area contributed by atoms with Crippen molar-refractivity contribution in [1.29, 1.82) is 0 Å². The van der Waals surface area contributed by atoms with Gasteiger partial charge in [-0.25, -0.2) is 0 Å². The van der Waals surface area contributed by atoms with Crippen LogP contribution in [0.1, 0.15) is 60.6 Å². The Bertz CT molecular complexity index is 759. The molecule has 0 aromatic carbocycles. The van der Waals surface area contributed by atoms with Gasteiger partial charge in [0.1, 0.15) is 0 Å². The molecule has 0 N–H and O–H groups in total. The Morgan fingerprint density at radius 1 is 1.40 bits per heavy atom. The third-order valence-electron chi connectivity index (χ3n) is 5.20. The minimum atomic E-state index is 0.230. The molecule has 1 atom stereocenters. The molecule has 1 aliphatic rings. The lowest BCUT2D eigenvalue weighted by Crippen LogP contribution is -2.40. The minimum absolute atomic E-state index is 0.230. The summed E-state index contributed by atoms with van der Waals surface area (Å²) in [6.07, 6.45) is 2.42. The topological polar surface area (TPSA) is 38.1 Å². The van der Waals surface area contributed by atoms with Crippen molar-refractivity contribution in [3.05, 3.63) is 38.8 Å². The third-order valence-corrected chi connectivity index (χ3v) is 6.20. The lowest BCUT2D eigenvalue weighted by atomic mass is 9.96. The van der Waals surface area contributed by atoms with E-state index in [0.717, 1.165) is 42.9 Å². The Morgan fingerprint density at radius 3 is 2.84 bits per heavy atom. The fourth-order valence-electron chi connectivity index (χ4n) is 3.90. The van der Waals surface area contributed by atoms with Crippen LogP contribution in [0.3, 0.4) is 0 Å². The van der Waals surface area contributed by atoms with E-state index < -0.39 is 0 Å². The van der Waals surface area contributed by atoms with Gasteiger partial charge in [-0.2, -0.15) is 5.10 Å². The van der Waals surface area contributed by atoms with E-state index in [9.17, 15) is 4.79 Å². The van der Waals surface area contributed by atoms with Gasteiger partial charge in [0.2, 0.25) is 5.91 Å². The SMILES string of the molecule is CCC1c2ccsc2CCN1C(=O)Cc1c(C)nn(CC(C)C)c1C. The van der Waals surface area contributed by atoms with Gasteiger partial charge in [-0.1, -0.05) is 20.8 Å². The van der Waals surface area contributed by atoms with Crippen LogP contribution in [0.5, 0.6) is 0 Å². The van der Waals surface area contributed by atoms with Crippen molar-refractivity contribution in [3.63, 3.8) is 0 Å². The molecule has 0 bridgehead atoms. The van der Waals surface area contributed by atoms with Gasteiger partial charge in [0.15, 0.2) is 0 Å². The second-order valence-electron chi connectivity index (χ2n) is 7.46. The maximum Gasteiger partial charge on any atom is 0.227 e. The lowest BCUT2D eigenvalue weighted by Gasteiger charge is -2.35. The molecule has 0 radical (unpaired) electrons. The number of amides is 1. The van der Waals surface area contributed by atoms with Crippen molar-refractivity contribution in [3.8, 4) is 0 Å². The molecule has 136 valence electrons. The Kier molecular flexibility index (Phi) is 5.32. The number of carbonyl (C=O) groups excluding carboxylic acids is 1. The van der Waals surface area contributed by atoms with Crippen LogP contribution in [-0.4, -0.2) is 27.1 Å². The molecule has 0 fully saturated rings. The molecule has 3 rings (SSSR count). The van der Waals surface area contributed by atoms with Gasteiger partial charge in [0, 0.05) is 29.2 Å². The second-order valence-corrected chi connectivity index (χ2v) is 8.46. The first kappa shape index (κ1) is 18.2. The van der Waals surface area contributed by atoms with Crippen molar-refractivity contribution >= 4 is 17.2 Å². The predicted molar refractivity (Wildman–Crippen MR) is 103 cm³/mol. The zero-order valence-corrected chi connectivity index (χ0v) is 16.8. The highest BCUT2D eigenvalue weighted by molar-refractivity contribution is 7.10. The van der Waals surface area contributed by atoms with Gasteiger partial charge in [0.05, 0.1) is 18.2 Å². The second kappa shape index (κ2) is 7.32. The molecule has 4 nitrogen and oxygen atoms in total. The molecule has 2 aromatic heterocycles. The summed E-state index contributed by atoms with van der Waals surface area (Å²) in [5, 5.41) is 6.82. The molecule has 0 saturated carbocycles. The number of rotatable bonds is 5. The van der Waals surface area contributed by atoms with E-state index in [1.807, 2.05) is 18.3 Å². The van der Waals surface area contributed by atoms with Crippen LogP contribution in [-0.2, 0) is 24.2 Å². The highest BCUT2D eigenvalue weighted by Gasteiger charge is 2.31. The van der Waals surface area contributed by atoms with Gasteiger partial charge in [0.25, 0.3) is 0 Å². The first-order valence-electron chi connectivity index (χ1n) is 9.31. The van der Waals surface area contributed by atoms with Gasteiger partial charge in [-0.15, -0.1) is 11.3 Å². The van der Waals surface area contributed by atoms with Crippen LogP contribution in [0.4, 0.5) is 0 Å². The molecule has 0 aliphatic carbocycles. The number of thiophene rings is 1. The molecule has 1 unspecified atom stereocenters. The molecular formula is C20H29N3OS. The summed E-state index contributed by atoms with van der Waals surface area (Å²) in [7, 11) is 0. The fraction of sp³-hybridized carbons (Fsp3) is 0.600. The van der Waals surface area contributed by atoms with Crippen LogP contribution in [0, 0.1) is 19.8 Å². The number of carbonyl (C=O) groups is 1. The Balaban J connectivity index is 1.80. The summed E-state index contributed by atoms with van der Waals surface area (Å²) in [4.78, 5) is 16.6. The number of hydrogen-bond acceptors (Lipinski definition) is 3. The van der Waals surface area contributed by atoms with Crippen LogP contribution >= 0.6 is 11.3 Å². The van der Waals surface area contributed by atoms with Crippen LogP contribution in [0.2, 0.25) is 0 Å². The van der Waals surface area contributed by atoms with E-state index in [1.165, 1.54) is 10.4 Å². The smallest absolute Gasteiger partial charge is 0.227 e. The maximum absolute atomic E-state index is 13.1. The average molecular weight is 360 g/mol. The largest absolute Gasteiger partial charge is 0.335 e. The first-order chi connectivity index (χ1) is 11.9. The molecule has 25 heavy (non-hydrogen) atoms. The Morgan fingerprint density at radius 2 is 2.16 bits per heavy atom. The van der Waals surface area contributed by atoms with Gasteiger partial charge in [-0.05, 0) is 49.6 Å². The highest BCUT2D eigenvalue weighted by atomic mass is 32.1. The van der Waals surface area contributed by atoms with E-state index in [-0.39, 0.29) is 11.9 Å². The number of aryl methyl sites for hydroxylation is 1. The van der Waals surface area contributed by atoms with Crippen molar-refractivity contribution in [2.45, 2.75) is 66.5 Å². The zero-order chi connectivity index (χ0) is 18.1. The Labute approximate surface area is 154 Å². The molecule has 1 amide bonds. The van der Waals surface area contributed by atoms with Gasteiger partial charge < -0.3 is 4.90 Å². The van der Waals surface area contributed by atoms with Crippen molar-refractivity contribution < 1.29 is 4.79 Å². The number of aromatic nitrogens is 2. The van der Waals surface area contributed by atoms with E-state index >= 15 is 0 Å². The third kappa shape index (κ3) is 3.52. The van der Waals surface area contributed by atoms with Crippen LogP contribution in [0.15, 0.2) is 11.4 Å². The molecule has 3 heterocycles. The van der Waals surface area contributed by atoms with Crippen molar-refractivity contribution in [1.82, 2.24) is 14.7 Å². The summed E-state index contributed by atoms with van der Waals surface area (Å²) in [6.45, 7) is 12.4. The van der Waals surface area contributed by atoms with Crippen LogP contribution < -0.4 is 0 Å².